The van der Waals surface area contributed by atoms with Gasteiger partial charge in [0, 0.05) is 0 Å². The molecule has 3 rings (SSSR count). The molecule has 2 nitrogen and oxygen atoms in total. The van der Waals surface area contributed by atoms with Gasteiger partial charge in [-0.15, -0.1) is 23.2 Å². The first-order valence-corrected chi connectivity index (χ1v) is 8.36. The standard InChI is InChI=1S/C8H4F6.C4H4Cl2O2.C4H8/c9-7(10,11)5-2-1-3-6(4-5)8(12,13)14;5-4(6)1-2(4)3(7)8;1-2-4-3-1/h1-4H;2H,1H2,(H,7,8);1-4H2/t;2-;/m.1./s1. The lowest BCUT2D eigenvalue weighted by molar-refractivity contribution is -0.143. The Morgan fingerprint density at radius 1 is 0.962 bits per heavy atom. The van der Waals surface area contributed by atoms with Crippen molar-refractivity contribution in [1.82, 2.24) is 0 Å². The molecule has 1 aromatic carbocycles. The number of hydrogen-bond acceptors (Lipinski definition) is 1. The number of alkyl halides is 8. The Morgan fingerprint density at radius 2 is 1.31 bits per heavy atom. The Labute approximate surface area is 156 Å². The van der Waals surface area contributed by atoms with Crippen LogP contribution in [0.4, 0.5) is 26.3 Å². The average Bonchev–Trinajstić information content (AvgIpc) is 3.05. The summed E-state index contributed by atoms with van der Waals surface area (Å²) in [7, 11) is 0. The molecule has 0 saturated heterocycles. The van der Waals surface area contributed by atoms with E-state index in [1.54, 1.807) is 0 Å². The maximum Gasteiger partial charge on any atom is 0.416 e. The summed E-state index contributed by atoms with van der Waals surface area (Å²) in [6.07, 6.45) is -3.12. The molecule has 2 aliphatic rings. The molecule has 0 bridgehead atoms. The van der Waals surface area contributed by atoms with E-state index in [0.29, 0.717) is 18.6 Å². The highest BCUT2D eigenvalue weighted by Crippen LogP contribution is 2.53. The van der Waals surface area contributed by atoms with Gasteiger partial charge in [-0.25, -0.2) is 0 Å². The lowest BCUT2D eigenvalue weighted by atomic mass is 10.0. The van der Waals surface area contributed by atoms with Gasteiger partial charge >= 0.3 is 18.3 Å². The van der Waals surface area contributed by atoms with Crippen LogP contribution >= 0.6 is 23.2 Å². The van der Waals surface area contributed by atoms with Gasteiger partial charge in [-0.05, 0) is 24.6 Å². The van der Waals surface area contributed by atoms with Crippen LogP contribution in [0, 0.1) is 5.92 Å². The quantitative estimate of drug-likeness (QED) is 0.409. The number of carboxylic acid groups (broad SMARTS) is 1. The maximum absolute atomic E-state index is 12.0. The third-order valence-corrected chi connectivity index (χ3v) is 4.48. The van der Waals surface area contributed by atoms with Gasteiger partial charge < -0.3 is 5.11 Å². The predicted octanol–water partition coefficient (Wildman–Crippen LogP) is 6.55. The Kier molecular flexibility index (Phi) is 7.65. The molecule has 148 valence electrons. The largest absolute Gasteiger partial charge is 0.481 e. The summed E-state index contributed by atoms with van der Waals surface area (Å²) in [5, 5.41) is 8.22. The minimum atomic E-state index is -4.75. The lowest BCUT2D eigenvalue weighted by Crippen LogP contribution is -2.09. The second kappa shape index (κ2) is 8.69. The summed E-state index contributed by atoms with van der Waals surface area (Å²) in [5.41, 5.74) is -2.60. The van der Waals surface area contributed by atoms with Gasteiger partial charge in [-0.2, -0.15) is 26.3 Å². The molecule has 1 N–H and O–H groups in total. The Hall–Kier alpha value is -1.15. The number of benzene rings is 1. The molecule has 10 heteroatoms. The molecule has 2 saturated carbocycles. The highest BCUT2D eigenvalue weighted by Gasteiger charge is 2.56. The summed E-state index contributed by atoms with van der Waals surface area (Å²) in [4.78, 5) is 10.0. The minimum Gasteiger partial charge on any atom is -0.481 e. The van der Waals surface area contributed by atoms with Crippen LogP contribution in [0.5, 0.6) is 0 Å². The van der Waals surface area contributed by atoms with Gasteiger partial charge in [-0.3, -0.25) is 4.79 Å². The Morgan fingerprint density at radius 3 is 1.46 bits per heavy atom. The number of aliphatic carboxylic acids is 1. The summed E-state index contributed by atoms with van der Waals surface area (Å²) >= 11 is 10.8. The van der Waals surface area contributed by atoms with Crippen molar-refractivity contribution in [3.8, 4) is 0 Å². The van der Waals surface area contributed by atoms with Crippen LogP contribution in [0.15, 0.2) is 24.3 Å². The van der Waals surface area contributed by atoms with Crippen molar-refractivity contribution in [1.29, 1.82) is 0 Å². The third-order valence-electron chi connectivity index (χ3n) is 3.64. The average molecular weight is 425 g/mol. The van der Waals surface area contributed by atoms with Crippen molar-refractivity contribution >= 4 is 29.2 Å². The first-order chi connectivity index (χ1) is 11.7. The van der Waals surface area contributed by atoms with E-state index in [0.717, 1.165) is 6.07 Å². The van der Waals surface area contributed by atoms with Crippen molar-refractivity contribution in [3.05, 3.63) is 35.4 Å². The van der Waals surface area contributed by atoms with E-state index in [4.69, 9.17) is 28.3 Å². The van der Waals surface area contributed by atoms with E-state index in [1.165, 1.54) is 25.7 Å². The highest BCUT2D eigenvalue weighted by atomic mass is 35.5. The lowest BCUT2D eigenvalue weighted by Gasteiger charge is -2.10. The van der Waals surface area contributed by atoms with E-state index in [1.807, 2.05) is 0 Å². The molecular formula is C16H16Cl2F6O2. The Balaban J connectivity index is 0.000000233. The molecule has 2 fully saturated rings. The van der Waals surface area contributed by atoms with E-state index in [9.17, 15) is 31.1 Å². The summed E-state index contributed by atoms with van der Waals surface area (Å²) in [6, 6.07) is 2.00. The van der Waals surface area contributed by atoms with Crippen molar-refractivity contribution < 1.29 is 36.2 Å². The van der Waals surface area contributed by atoms with E-state index in [-0.39, 0.29) is 6.07 Å². The fourth-order valence-corrected chi connectivity index (χ4v) is 2.10. The van der Waals surface area contributed by atoms with Crippen molar-refractivity contribution in [3.63, 3.8) is 0 Å². The first kappa shape index (κ1) is 22.9. The SMILES string of the molecule is C1CCC1.FC(F)(F)c1cccc(C(F)(F)F)c1.O=C(O)[C@H]1CC1(Cl)Cl. The molecule has 0 amide bonds. The van der Waals surface area contributed by atoms with Crippen LogP contribution in [0.3, 0.4) is 0 Å². The zero-order valence-corrected chi connectivity index (χ0v) is 14.8. The molecule has 26 heavy (non-hydrogen) atoms. The van der Waals surface area contributed by atoms with Crippen molar-refractivity contribution in [2.75, 3.05) is 0 Å². The zero-order chi connectivity index (χ0) is 20.2. The molecule has 0 aromatic heterocycles. The monoisotopic (exact) mass is 424 g/mol. The van der Waals surface area contributed by atoms with Gasteiger partial charge in [0.2, 0.25) is 0 Å². The van der Waals surface area contributed by atoms with Gasteiger partial charge in [0.05, 0.1) is 17.0 Å². The second-order valence-corrected chi connectivity index (χ2v) is 7.39. The molecular weight excluding hydrogens is 409 g/mol. The van der Waals surface area contributed by atoms with E-state index >= 15 is 0 Å². The number of hydrogen-bond donors (Lipinski definition) is 1. The van der Waals surface area contributed by atoms with Gasteiger partial charge in [0.15, 0.2) is 0 Å². The first-order valence-electron chi connectivity index (χ1n) is 7.60. The molecule has 0 spiro atoms. The molecule has 0 heterocycles. The molecule has 0 aliphatic heterocycles. The number of carbonyl (C=O) groups is 1. The van der Waals surface area contributed by atoms with E-state index < -0.39 is 39.7 Å². The summed E-state index contributed by atoms with van der Waals surface area (Å²) in [5.74, 6) is -1.44. The maximum atomic E-state index is 12.0. The van der Waals surface area contributed by atoms with Crippen LogP contribution in [0.25, 0.3) is 0 Å². The van der Waals surface area contributed by atoms with Crippen LogP contribution in [-0.2, 0) is 17.1 Å². The Bertz CT molecular complexity index is 576. The number of halogens is 8. The molecule has 2 aliphatic carbocycles. The number of carboxylic acids is 1. The normalized spacial score (nSPS) is 20.5. The minimum absolute atomic E-state index is 0.0833. The molecule has 1 atom stereocenters. The fraction of sp³-hybridized carbons (Fsp3) is 0.562. The smallest absolute Gasteiger partial charge is 0.416 e. The summed E-state index contributed by atoms with van der Waals surface area (Å²) in [6.45, 7) is 0. The van der Waals surface area contributed by atoms with Crippen LogP contribution < -0.4 is 0 Å². The molecule has 1 aromatic rings. The van der Waals surface area contributed by atoms with Crippen LogP contribution in [0.2, 0.25) is 0 Å². The van der Waals surface area contributed by atoms with Gasteiger partial charge in [-0.1, -0.05) is 31.7 Å². The predicted molar refractivity (Wildman–Crippen MR) is 85.1 cm³/mol. The second-order valence-electron chi connectivity index (χ2n) is 5.85. The number of rotatable bonds is 1. The van der Waals surface area contributed by atoms with Crippen LogP contribution in [0.1, 0.15) is 43.2 Å². The van der Waals surface area contributed by atoms with Gasteiger partial charge in [0.1, 0.15) is 4.33 Å². The van der Waals surface area contributed by atoms with Crippen molar-refractivity contribution in [2.45, 2.75) is 48.8 Å². The highest BCUT2D eigenvalue weighted by molar-refractivity contribution is 6.52. The fourth-order valence-electron chi connectivity index (χ4n) is 1.60. The van der Waals surface area contributed by atoms with E-state index in [2.05, 4.69) is 0 Å². The van der Waals surface area contributed by atoms with Crippen molar-refractivity contribution in [2.24, 2.45) is 5.92 Å². The molecule has 0 radical (unpaired) electrons. The zero-order valence-electron chi connectivity index (χ0n) is 13.3. The van der Waals surface area contributed by atoms with Gasteiger partial charge in [0.25, 0.3) is 0 Å². The summed E-state index contributed by atoms with van der Waals surface area (Å²) < 4.78 is 71.0. The van der Waals surface area contributed by atoms with Crippen LogP contribution in [-0.4, -0.2) is 15.4 Å². The third kappa shape index (κ3) is 7.61. The topological polar surface area (TPSA) is 37.3 Å². The molecule has 0 unspecified atom stereocenters.